The van der Waals surface area contributed by atoms with Gasteiger partial charge in [-0.1, -0.05) is 37.3 Å². The average Bonchev–Trinajstić information content (AvgIpc) is 2.94. The molecule has 1 heterocycles. The first-order chi connectivity index (χ1) is 10.4. The Labute approximate surface area is 128 Å². The highest BCUT2D eigenvalue weighted by molar-refractivity contribution is 7.89. The maximum Gasteiger partial charge on any atom is 0.339 e. The summed E-state index contributed by atoms with van der Waals surface area (Å²) in [6.07, 6.45) is 1.22. The molecule has 118 valence electrons. The standard InChI is InChI=1S/C15H17NO5S/c1-11(12-5-3-2-4-6-12)10-22(19,20)16-9-14-13(15(17)18)7-8-21-14/h2-8,11,16H,9-10H2,1H3,(H,17,18). The van der Waals surface area contributed by atoms with Crippen LogP contribution in [0.4, 0.5) is 0 Å². The van der Waals surface area contributed by atoms with Crippen molar-refractivity contribution in [1.29, 1.82) is 0 Å². The van der Waals surface area contributed by atoms with Gasteiger partial charge in [0.1, 0.15) is 11.3 Å². The molecule has 1 unspecified atom stereocenters. The van der Waals surface area contributed by atoms with Crippen molar-refractivity contribution in [2.75, 3.05) is 5.75 Å². The van der Waals surface area contributed by atoms with Crippen LogP contribution in [0.5, 0.6) is 0 Å². The molecule has 1 aromatic carbocycles. The molecule has 2 N–H and O–H groups in total. The number of rotatable bonds is 7. The smallest absolute Gasteiger partial charge is 0.339 e. The second-order valence-electron chi connectivity index (χ2n) is 4.98. The van der Waals surface area contributed by atoms with Crippen LogP contribution in [0.3, 0.4) is 0 Å². The summed E-state index contributed by atoms with van der Waals surface area (Å²) in [6, 6.07) is 10.6. The van der Waals surface area contributed by atoms with Gasteiger partial charge in [-0.2, -0.15) is 0 Å². The van der Waals surface area contributed by atoms with E-state index in [2.05, 4.69) is 4.72 Å². The first kappa shape index (κ1) is 16.3. The molecule has 7 heteroatoms. The molecule has 0 aliphatic heterocycles. The van der Waals surface area contributed by atoms with Crippen LogP contribution in [0.1, 0.15) is 34.5 Å². The van der Waals surface area contributed by atoms with Crippen LogP contribution in [-0.4, -0.2) is 25.2 Å². The van der Waals surface area contributed by atoms with E-state index in [1.54, 1.807) is 0 Å². The number of hydrogen-bond acceptors (Lipinski definition) is 4. The first-order valence-electron chi connectivity index (χ1n) is 6.71. The van der Waals surface area contributed by atoms with Crippen molar-refractivity contribution in [2.45, 2.75) is 19.4 Å². The van der Waals surface area contributed by atoms with E-state index in [-0.39, 0.29) is 29.5 Å². The molecule has 0 aliphatic carbocycles. The summed E-state index contributed by atoms with van der Waals surface area (Å²) in [5, 5.41) is 8.94. The highest BCUT2D eigenvalue weighted by Crippen LogP contribution is 2.17. The maximum absolute atomic E-state index is 12.1. The van der Waals surface area contributed by atoms with Gasteiger partial charge in [0.2, 0.25) is 10.0 Å². The first-order valence-corrected chi connectivity index (χ1v) is 8.36. The minimum absolute atomic E-state index is 0.0428. The highest BCUT2D eigenvalue weighted by Gasteiger charge is 2.19. The lowest BCUT2D eigenvalue weighted by molar-refractivity contribution is 0.0694. The number of furan rings is 1. The van der Waals surface area contributed by atoms with E-state index in [1.165, 1.54) is 12.3 Å². The fourth-order valence-corrected chi connectivity index (χ4v) is 3.43. The molecule has 1 aromatic heterocycles. The van der Waals surface area contributed by atoms with Crippen LogP contribution in [-0.2, 0) is 16.6 Å². The molecule has 1 atom stereocenters. The van der Waals surface area contributed by atoms with Crippen LogP contribution in [0.2, 0.25) is 0 Å². The number of nitrogens with one attached hydrogen (secondary N) is 1. The average molecular weight is 323 g/mol. The number of aromatic carboxylic acids is 1. The summed E-state index contributed by atoms with van der Waals surface area (Å²) in [7, 11) is -3.55. The second kappa shape index (κ2) is 6.76. The SMILES string of the molecule is CC(CS(=O)(=O)NCc1occc1C(=O)O)c1ccccc1. The predicted molar refractivity (Wildman–Crippen MR) is 81.2 cm³/mol. The zero-order valence-corrected chi connectivity index (χ0v) is 12.8. The van der Waals surface area contributed by atoms with Gasteiger partial charge in [0.15, 0.2) is 0 Å². The summed E-state index contributed by atoms with van der Waals surface area (Å²) >= 11 is 0. The van der Waals surface area contributed by atoms with E-state index >= 15 is 0 Å². The summed E-state index contributed by atoms with van der Waals surface area (Å²) < 4.78 is 31.6. The van der Waals surface area contributed by atoms with Gasteiger partial charge in [0.05, 0.1) is 18.6 Å². The second-order valence-corrected chi connectivity index (χ2v) is 6.83. The summed E-state index contributed by atoms with van der Waals surface area (Å²) in [4.78, 5) is 10.9. The fourth-order valence-electron chi connectivity index (χ4n) is 2.11. The molecule has 0 bridgehead atoms. The lowest BCUT2D eigenvalue weighted by Gasteiger charge is -2.12. The van der Waals surface area contributed by atoms with E-state index in [4.69, 9.17) is 9.52 Å². The Morgan fingerprint density at radius 3 is 2.59 bits per heavy atom. The third-order valence-corrected chi connectivity index (χ3v) is 4.79. The van der Waals surface area contributed by atoms with Gasteiger partial charge in [0, 0.05) is 0 Å². The molecular formula is C15H17NO5S. The number of benzene rings is 1. The van der Waals surface area contributed by atoms with Gasteiger partial charge >= 0.3 is 5.97 Å². The molecule has 0 saturated carbocycles. The van der Waals surface area contributed by atoms with Crippen LogP contribution in [0.15, 0.2) is 47.1 Å². The Balaban J connectivity index is 1.99. The molecule has 0 radical (unpaired) electrons. The van der Waals surface area contributed by atoms with Crippen molar-refractivity contribution >= 4 is 16.0 Å². The van der Waals surface area contributed by atoms with E-state index in [9.17, 15) is 13.2 Å². The third-order valence-electron chi connectivity index (χ3n) is 3.27. The van der Waals surface area contributed by atoms with Gasteiger partial charge < -0.3 is 9.52 Å². The largest absolute Gasteiger partial charge is 0.478 e. The molecule has 22 heavy (non-hydrogen) atoms. The van der Waals surface area contributed by atoms with Crippen LogP contribution in [0.25, 0.3) is 0 Å². The third kappa shape index (κ3) is 4.19. The minimum atomic E-state index is -3.55. The quantitative estimate of drug-likeness (QED) is 0.814. The van der Waals surface area contributed by atoms with E-state index in [0.29, 0.717) is 0 Å². The van der Waals surface area contributed by atoms with Gasteiger partial charge in [0.25, 0.3) is 0 Å². The van der Waals surface area contributed by atoms with Gasteiger partial charge in [-0.25, -0.2) is 17.9 Å². The van der Waals surface area contributed by atoms with Gasteiger partial charge in [-0.3, -0.25) is 0 Å². The van der Waals surface area contributed by atoms with Gasteiger partial charge in [-0.15, -0.1) is 0 Å². The van der Waals surface area contributed by atoms with E-state index in [0.717, 1.165) is 5.56 Å². The molecule has 2 aromatic rings. The van der Waals surface area contributed by atoms with Crippen molar-refractivity contribution in [2.24, 2.45) is 0 Å². The molecule has 0 aliphatic rings. The number of carboxylic acid groups (broad SMARTS) is 1. The monoisotopic (exact) mass is 323 g/mol. The molecule has 6 nitrogen and oxygen atoms in total. The number of carboxylic acids is 1. The van der Waals surface area contributed by atoms with E-state index in [1.807, 2.05) is 37.3 Å². The molecule has 0 fully saturated rings. The Hall–Kier alpha value is -2.12. The Morgan fingerprint density at radius 1 is 1.27 bits per heavy atom. The molecular weight excluding hydrogens is 306 g/mol. The summed E-state index contributed by atoms with van der Waals surface area (Å²) in [5.41, 5.74) is 0.885. The van der Waals surface area contributed by atoms with Crippen molar-refractivity contribution in [3.05, 3.63) is 59.5 Å². The highest BCUT2D eigenvalue weighted by atomic mass is 32.2. The minimum Gasteiger partial charge on any atom is -0.478 e. The van der Waals surface area contributed by atoms with E-state index < -0.39 is 16.0 Å². The Bertz CT molecular complexity index is 736. The summed E-state index contributed by atoms with van der Waals surface area (Å²) in [6.45, 7) is 1.64. The van der Waals surface area contributed by atoms with Gasteiger partial charge in [-0.05, 0) is 17.5 Å². The number of sulfonamides is 1. The zero-order valence-electron chi connectivity index (χ0n) is 12.0. The molecule has 0 amide bonds. The van der Waals surface area contributed by atoms with Crippen molar-refractivity contribution in [1.82, 2.24) is 4.72 Å². The zero-order chi connectivity index (χ0) is 16.2. The predicted octanol–water partition coefficient (Wildman–Crippen LogP) is 2.20. The molecule has 2 rings (SSSR count). The Kier molecular flexibility index (Phi) is 4.99. The lowest BCUT2D eigenvalue weighted by atomic mass is 10.0. The number of carbonyl (C=O) groups is 1. The Morgan fingerprint density at radius 2 is 1.95 bits per heavy atom. The molecule has 0 spiro atoms. The lowest BCUT2D eigenvalue weighted by Crippen LogP contribution is -2.28. The number of hydrogen-bond donors (Lipinski definition) is 2. The maximum atomic E-state index is 12.1. The van der Waals surface area contributed by atoms with Crippen molar-refractivity contribution in [3.63, 3.8) is 0 Å². The van der Waals surface area contributed by atoms with Crippen LogP contribution in [0, 0.1) is 0 Å². The topological polar surface area (TPSA) is 96.6 Å². The van der Waals surface area contributed by atoms with Crippen LogP contribution < -0.4 is 4.72 Å². The molecule has 0 saturated heterocycles. The van der Waals surface area contributed by atoms with Crippen molar-refractivity contribution < 1.29 is 22.7 Å². The summed E-state index contributed by atoms with van der Waals surface area (Å²) in [5.74, 6) is -1.32. The fraction of sp³-hybridized carbons (Fsp3) is 0.267. The van der Waals surface area contributed by atoms with Crippen molar-refractivity contribution in [3.8, 4) is 0 Å². The van der Waals surface area contributed by atoms with Crippen LogP contribution >= 0.6 is 0 Å². The normalized spacial score (nSPS) is 13.0.